The highest BCUT2D eigenvalue weighted by Crippen LogP contribution is 2.27. The van der Waals surface area contributed by atoms with Gasteiger partial charge >= 0.3 is 5.97 Å². The van der Waals surface area contributed by atoms with Gasteiger partial charge < -0.3 is 19.0 Å². The second-order valence-corrected chi connectivity index (χ2v) is 4.74. The van der Waals surface area contributed by atoms with Crippen molar-refractivity contribution < 1.29 is 23.8 Å². The standard InChI is InChI=1S/C14H16O5/c1-14(2)18-11(8-15)12(19-14)9-17-13(16)10-6-4-3-5-7-10/h3-8,11-12H,9H2,1-2H3/t11-,12-/m0/s1. The van der Waals surface area contributed by atoms with Gasteiger partial charge in [-0.25, -0.2) is 4.79 Å². The van der Waals surface area contributed by atoms with Gasteiger partial charge in [-0.15, -0.1) is 0 Å². The summed E-state index contributed by atoms with van der Waals surface area (Å²) in [4.78, 5) is 22.6. The molecule has 1 aromatic rings. The molecule has 19 heavy (non-hydrogen) atoms. The lowest BCUT2D eigenvalue weighted by Gasteiger charge is -2.16. The third-order valence-corrected chi connectivity index (χ3v) is 2.74. The molecule has 0 amide bonds. The first-order chi connectivity index (χ1) is 9.02. The summed E-state index contributed by atoms with van der Waals surface area (Å²) in [5.74, 6) is -1.28. The largest absolute Gasteiger partial charge is 0.459 e. The highest BCUT2D eigenvalue weighted by molar-refractivity contribution is 5.89. The van der Waals surface area contributed by atoms with E-state index in [1.807, 2.05) is 6.07 Å². The van der Waals surface area contributed by atoms with Crippen molar-refractivity contribution in [1.82, 2.24) is 0 Å². The van der Waals surface area contributed by atoms with E-state index in [0.717, 1.165) is 0 Å². The van der Waals surface area contributed by atoms with Gasteiger partial charge in [-0.1, -0.05) is 18.2 Å². The van der Waals surface area contributed by atoms with Gasteiger partial charge in [0.1, 0.15) is 18.8 Å². The Morgan fingerprint density at radius 2 is 2.00 bits per heavy atom. The van der Waals surface area contributed by atoms with E-state index in [9.17, 15) is 9.59 Å². The van der Waals surface area contributed by atoms with Crippen LogP contribution in [0.2, 0.25) is 0 Å². The molecular formula is C14H16O5. The number of rotatable bonds is 4. The van der Waals surface area contributed by atoms with E-state index < -0.39 is 24.0 Å². The quantitative estimate of drug-likeness (QED) is 0.610. The minimum atomic E-state index is -0.838. The number of aldehydes is 1. The molecule has 1 aliphatic heterocycles. The van der Waals surface area contributed by atoms with Crippen LogP contribution in [0.4, 0.5) is 0 Å². The molecule has 2 atom stereocenters. The molecule has 102 valence electrons. The lowest BCUT2D eigenvalue weighted by atomic mass is 10.2. The zero-order valence-corrected chi connectivity index (χ0v) is 10.9. The van der Waals surface area contributed by atoms with E-state index in [-0.39, 0.29) is 6.61 Å². The van der Waals surface area contributed by atoms with Crippen molar-refractivity contribution in [2.24, 2.45) is 0 Å². The Morgan fingerprint density at radius 1 is 1.32 bits per heavy atom. The molecule has 1 saturated heterocycles. The Hall–Kier alpha value is -1.72. The zero-order chi connectivity index (χ0) is 13.9. The van der Waals surface area contributed by atoms with Gasteiger partial charge in [0.25, 0.3) is 0 Å². The molecule has 0 saturated carbocycles. The van der Waals surface area contributed by atoms with Crippen molar-refractivity contribution in [2.45, 2.75) is 31.8 Å². The lowest BCUT2D eigenvalue weighted by Crippen LogP contribution is -2.30. The Morgan fingerprint density at radius 3 is 2.63 bits per heavy atom. The lowest BCUT2D eigenvalue weighted by molar-refractivity contribution is -0.152. The topological polar surface area (TPSA) is 61.8 Å². The molecule has 5 heteroatoms. The van der Waals surface area contributed by atoms with Crippen LogP contribution in [0.1, 0.15) is 24.2 Å². The summed E-state index contributed by atoms with van der Waals surface area (Å²) in [6.07, 6.45) is -0.616. The summed E-state index contributed by atoms with van der Waals surface area (Å²) in [5.41, 5.74) is 0.461. The normalized spacial score (nSPS) is 24.9. The molecule has 0 spiro atoms. The molecular weight excluding hydrogens is 248 g/mol. The number of esters is 1. The van der Waals surface area contributed by atoms with Gasteiger partial charge in [0.05, 0.1) is 5.56 Å². The van der Waals surface area contributed by atoms with Crippen molar-refractivity contribution in [3.63, 3.8) is 0 Å². The first-order valence-corrected chi connectivity index (χ1v) is 6.05. The molecule has 0 radical (unpaired) electrons. The second-order valence-electron chi connectivity index (χ2n) is 4.74. The molecule has 0 bridgehead atoms. The first-order valence-electron chi connectivity index (χ1n) is 6.05. The van der Waals surface area contributed by atoms with Crippen molar-refractivity contribution >= 4 is 12.3 Å². The van der Waals surface area contributed by atoms with Crippen LogP contribution in [0.25, 0.3) is 0 Å². The summed E-state index contributed by atoms with van der Waals surface area (Å²) < 4.78 is 16.0. The van der Waals surface area contributed by atoms with Crippen LogP contribution < -0.4 is 0 Å². The predicted molar refractivity (Wildman–Crippen MR) is 66.6 cm³/mol. The number of ether oxygens (including phenoxy) is 3. The van der Waals surface area contributed by atoms with Crippen LogP contribution in [0.15, 0.2) is 30.3 Å². The van der Waals surface area contributed by atoms with Gasteiger partial charge in [0.2, 0.25) is 0 Å². The average molecular weight is 264 g/mol. The van der Waals surface area contributed by atoms with Crippen molar-refractivity contribution in [1.29, 1.82) is 0 Å². The van der Waals surface area contributed by atoms with Crippen LogP contribution >= 0.6 is 0 Å². The number of benzene rings is 1. The van der Waals surface area contributed by atoms with E-state index in [2.05, 4.69) is 0 Å². The number of hydrogen-bond acceptors (Lipinski definition) is 5. The smallest absolute Gasteiger partial charge is 0.338 e. The Bertz CT molecular complexity index is 454. The van der Waals surface area contributed by atoms with Gasteiger partial charge in [-0.3, -0.25) is 0 Å². The van der Waals surface area contributed by atoms with Gasteiger partial charge in [0, 0.05) is 0 Å². The third kappa shape index (κ3) is 3.39. The summed E-state index contributed by atoms with van der Waals surface area (Å²) in [7, 11) is 0. The summed E-state index contributed by atoms with van der Waals surface area (Å²) in [6, 6.07) is 8.65. The minimum absolute atomic E-state index is 0.0133. The van der Waals surface area contributed by atoms with Crippen molar-refractivity contribution in [2.75, 3.05) is 6.61 Å². The van der Waals surface area contributed by atoms with Gasteiger partial charge in [-0.05, 0) is 26.0 Å². The van der Waals surface area contributed by atoms with E-state index in [1.54, 1.807) is 38.1 Å². The van der Waals surface area contributed by atoms with Crippen molar-refractivity contribution in [3.8, 4) is 0 Å². The maximum absolute atomic E-state index is 11.8. The average Bonchev–Trinajstić information content (AvgIpc) is 2.71. The summed E-state index contributed by atoms with van der Waals surface area (Å²) >= 11 is 0. The van der Waals surface area contributed by atoms with Gasteiger partial charge in [0.15, 0.2) is 12.1 Å². The number of carbonyl (C=O) groups is 2. The Kier molecular flexibility index (Phi) is 3.97. The molecule has 0 unspecified atom stereocenters. The van der Waals surface area contributed by atoms with Crippen LogP contribution in [0.5, 0.6) is 0 Å². The summed E-state index contributed by atoms with van der Waals surface area (Å²) in [5, 5.41) is 0. The molecule has 0 aliphatic carbocycles. The molecule has 1 aromatic carbocycles. The van der Waals surface area contributed by atoms with Crippen LogP contribution in [-0.4, -0.2) is 36.9 Å². The fourth-order valence-corrected chi connectivity index (χ4v) is 1.92. The fourth-order valence-electron chi connectivity index (χ4n) is 1.92. The Labute approximate surface area is 111 Å². The molecule has 5 nitrogen and oxygen atoms in total. The summed E-state index contributed by atoms with van der Waals surface area (Å²) in [6.45, 7) is 3.41. The number of hydrogen-bond donors (Lipinski definition) is 0. The highest BCUT2D eigenvalue weighted by Gasteiger charge is 2.41. The van der Waals surface area contributed by atoms with E-state index >= 15 is 0 Å². The van der Waals surface area contributed by atoms with E-state index in [1.165, 1.54) is 0 Å². The predicted octanol–water partition coefficient (Wildman–Crippen LogP) is 1.56. The zero-order valence-electron chi connectivity index (χ0n) is 10.9. The number of carbonyl (C=O) groups excluding carboxylic acids is 2. The molecule has 1 heterocycles. The van der Waals surface area contributed by atoms with Crippen LogP contribution in [0, 0.1) is 0 Å². The monoisotopic (exact) mass is 264 g/mol. The SMILES string of the molecule is CC1(C)O[C@@H](C=O)[C@H](COC(=O)c2ccccc2)O1. The van der Waals surface area contributed by atoms with Crippen LogP contribution in [0.3, 0.4) is 0 Å². The molecule has 1 aliphatic rings. The second kappa shape index (κ2) is 5.50. The minimum Gasteiger partial charge on any atom is -0.459 e. The highest BCUT2D eigenvalue weighted by atomic mass is 16.8. The van der Waals surface area contributed by atoms with Crippen molar-refractivity contribution in [3.05, 3.63) is 35.9 Å². The fraction of sp³-hybridized carbons (Fsp3) is 0.429. The van der Waals surface area contributed by atoms with E-state index in [4.69, 9.17) is 14.2 Å². The maximum atomic E-state index is 11.8. The molecule has 2 rings (SSSR count). The molecule has 0 aromatic heterocycles. The third-order valence-electron chi connectivity index (χ3n) is 2.74. The van der Waals surface area contributed by atoms with E-state index in [0.29, 0.717) is 11.8 Å². The van der Waals surface area contributed by atoms with Crippen LogP contribution in [-0.2, 0) is 19.0 Å². The molecule has 1 fully saturated rings. The maximum Gasteiger partial charge on any atom is 0.338 e. The molecule has 0 N–H and O–H groups in total. The first kappa shape index (κ1) is 13.7. The Balaban J connectivity index is 1.92. The van der Waals surface area contributed by atoms with Gasteiger partial charge in [-0.2, -0.15) is 0 Å².